The van der Waals surface area contributed by atoms with Crippen LogP contribution < -0.4 is 10.6 Å². The minimum atomic E-state index is 0.411. The summed E-state index contributed by atoms with van der Waals surface area (Å²) in [7, 11) is 0. The maximum Gasteiger partial charge on any atom is 0.0368 e. The molecule has 0 aliphatic heterocycles. The summed E-state index contributed by atoms with van der Waals surface area (Å²) in [5.74, 6) is 0.811. The lowest BCUT2D eigenvalue weighted by Crippen LogP contribution is -2.31. The van der Waals surface area contributed by atoms with Crippen molar-refractivity contribution in [2.24, 2.45) is 11.7 Å². The smallest absolute Gasteiger partial charge is 0.0368 e. The lowest BCUT2D eigenvalue weighted by molar-refractivity contribution is 0.545. The summed E-state index contributed by atoms with van der Waals surface area (Å²) < 4.78 is 0. The molecule has 1 fully saturated rings. The molecule has 0 spiro atoms. The van der Waals surface area contributed by atoms with Crippen molar-refractivity contribution in [2.45, 2.75) is 39.2 Å². The number of aryl methyl sites for hydroxylation is 1. The van der Waals surface area contributed by atoms with Gasteiger partial charge >= 0.3 is 0 Å². The van der Waals surface area contributed by atoms with Crippen molar-refractivity contribution in [3.63, 3.8) is 0 Å². The van der Waals surface area contributed by atoms with Gasteiger partial charge in [-0.1, -0.05) is 12.1 Å². The highest BCUT2D eigenvalue weighted by Gasteiger charge is 2.28. The van der Waals surface area contributed by atoms with Gasteiger partial charge < -0.3 is 10.6 Å². The van der Waals surface area contributed by atoms with Gasteiger partial charge in [0.25, 0.3) is 0 Å². The summed E-state index contributed by atoms with van der Waals surface area (Å²) in [5.41, 5.74) is 8.82. The van der Waals surface area contributed by atoms with E-state index >= 15 is 0 Å². The van der Waals surface area contributed by atoms with Crippen LogP contribution in [0.25, 0.3) is 0 Å². The molecule has 0 heterocycles. The number of hydrogen-bond donors (Lipinski definition) is 1. The zero-order chi connectivity index (χ0) is 12.3. The van der Waals surface area contributed by atoms with Crippen LogP contribution in [0.4, 0.5) is 5.69 Å². The van der Waals surface area contributed by atoms with Crippen molar-refractivity contribution in [2.75, 3.05) is 18.0 Å². The summed E-state index contributed by atoms with van der Waals surface area (Å²) in [6, 6.07) is 9.14. The molecule has 2 N–H and O–H groups in total. The Kier molecular flexibility index (Phi) is 4.06. The van der Waals surface area contributed by atoms with Gasteiger partial charge in [-0.2, -0.15) is 0 Å². The van der Waals surface area contributed by atoms with Crippen molar-refractivity contribution in [3.05, 3.63) is 29.8 Å². The fourth-order valence-corrected chi connectivity index (χ4v) is 2.36. The van der Waals surface area contributed by atoms with E-state index in [0.29, 0.717) is 6.04 Å². The van der Waals surface area contributed by atoms with Gasteiger partial charge in [0.05, 0.1) is 0 Å². The molecule has 1 saturated carbocycles. The first-order chi connectivity index (χ1) is 8.20. The van der Waals surface area contributed by atoms with E-state index in [0.717, 1.165) is 25.4 Å². The minimum Gasteiger partial charge on any atom is -0.372 e. The Hall–Kier alpha value is -1.02. The normalized spacial score (nSPS) is 16.9. The first-order valence-electron chi connectivity index (χ1n) is 6.78. The Labute approximate surface area is 105 Å². The van der Waals surface area contributed by atoms with Gasteiger partial charge in [-0.25, -0.2) is 0 Å². The van der Waals surface area contributed by atoms with Gasteiger partial charge in [0.2, 0.25) is 0 Å². The first kappa shape index (κ1) is 12.4. The van der Waals surface area contributed by atoms with Crippen molar-refractivity contribution in [3.8, 4) is 0 Å². The van der Waals surface area contributed by atoms with Crippen LogP contribution in [0.5, 0.6) is 0 Å². The lowest BCUT2D eigenvalue weighted by Gasteiger charge is -2.25. The molecule has 0 amide bonds. The van der Waals surface area contributed by atoms with Crippen molar-refractivity contribution in [1.82, 2.24) is 0 Å². The molecule has 0 saturated heterocycles. The second kappa shape index (κ2) is 5.54. The highest BCUT2D eigenvalue weighted by molar-refractivity contribution is 5.48. The molecular formula is C15H24N2. The number of anilines is 1. The van der Waals surface area contributed by atoms with Crippen LogP contribution in [-0.2, 0) is 0 Å². The monoisotopic (exact) mass is 232 g/mol. The Bertz CT molecular complexity index is 358. The zero-order valence-corrected chi connectivity index (χ0v) is 11.0. The van der Waals surface area contributed by atoms with Crippen LogP contribution in [0.15, 0.2) is 24.3 Å². The van der Waals surface area contributed by atoms with Crippen molar-refractivity contribution in [1.29, 1.82) is 0 Å². The standard InChI is InChI=1S/C15H24N2/c1-3-17(10-9-15(16)13-7-8-13)14-6-4-5-12(2)11-14/h4-6,11,13,15H,3,7-10,16H2,1-2H3. The van der Waals surface area contributed by atoms with E-state index in [9.17, 15) is 0 Å². The van der Waals surface area contributed by atoms with E-state index in [1.807, 2.05) is 0 Å². The van der Waals surface area contributed by atoms with Crippen LogP contribution in [0.3, 0.4) is 0 Å². The Morgan fingerprint density at radius 3 is 2.76 bits per heavy atom. The number of benzene rings is 1. The molecule has 0 radical (unpaired) electrons. The molecule has 1 aromatic rings. The average molecular weight is 232 g/mol. The Morgan fingerprint density at radius 2 is 2.18 bits per heavy atom. The number of nitrogens with two attached hydrogens (primary N) is 1. The molecule has 0 aromatic heterocycles. The third-order valence-corrected chi connectivity index (χ3v) is 3.71. The minimum absolute atomic E-state index is 0.411. The van der Waals surface area contributed by atoms with E-state index in [2.05, 4.69) is 43.0 Å². The van der Waals surface area contributed by atoms with Gasteiger partial charge in [0.1, 0.15) is 0 Å². The quantitative estimate of drug-likeness (QED) is 0.817. The van der Waals surface area contributed by atoms with E-state index in [1.54, 1.807) is 0 Å². The summed E-state index contributed by atoms with van der Waals surface area (Å²) in [6.07, 6.45) is 3.81. The maximum absolute atomic E-state index is 6.16. The van der Waals surface area contributed by atoms with Crippen LogP contribution >= 0.6 is 0 Å². The highest BCUT2D eigenvalue weighted by Crippen LogP contribution is 2.33. The molecular weight excluding hydrogens is 208 g/mol. The predicted molar refractivity (Wildman–Crippen MR) is 74.4 cm³/mol. The molecule has 1 aromatic carbocycles. The molecule has 0 bridgehead atoms. The molecule has 2 rings (SSSR count). The Balaban J connectivity index is 1.91. The number of rotatable bonds is 6. The van der Waals surface area contributed by atoms with E-state index in [1.165, 1.54) is 24.1 Å². The fraction of sp³-hybridized carbons (Fsp3) is 0.600. The molecule has 1 aliphatic carbocycles. The maximum atomic E-state index is 6.16. The van der Waals surface area contributed by atoms with Crippen LogP contribution in [0.2, 0.25) is 0 Å². The second-order valence-corrected chi connectivity index (χ2v) is 5.21. The first-order valence-corrected chi connectivity index (χ1v) is 6.78. The third-order valence-electron chi connectivity index (χ3n) is 3.71. The molecule has 1 atom stereocenters. The summed E-state index contributed by atoms with van der Waals surface area (Å²) in [6.45, 7) is 6.50. The second-order valence-electron chi connectivity index (χ2n) is 5.21. The number of hydrogen-bond acceptors (Lipinski definition) is 2. The summed E-state index contributed by atoms with van der Waals surface area (Å²) in [4.78, 5) is 2.43. The van der Waals surface area contributed by atoms with Crippen LogP contribution in [0, 0.1) is 12.8 Å². The lowest BCUT2D eigenvalue weighted by atomic mass is 10.1. The van der Waals surface area contributed by atoms with Gasteiger partial charge in [-0.05, 0) is 56.7 Å². The fourth-order valence-electron chi connectivity index (χ4n) is 2.36. The van der Waals surface area contributed by atoms with Gasteiger partial charge in [-0.3, -0.25) is 0 Å². The largest absolute Gasteiger partial charge is 0.372 e. The van der Waals surface area contributed by atoms with Crippen LogP contribution in [-0.4, -0.2) is 19.1 Å². The highest BCUT2D eigenvalue weighted by atomic mass is 15.1. The SMILES string of the molecule is CCN(CCC(N)C1CC1)c1cccc(C)c1. The third kappa shape index (κ3) is 3.47. The van der Waals surface area contributed by atoms with E-state index in [4.69, 9.17) is 5.73 Å². The Morgan fingerprint density at radius 1 is 1.41 bits per heavy atom. The summed E-state index contributed by atoms with van der Waals surface area (Å²) in [5, 5.41) is 0. The summed E-state index contributed by atoms with van der Waals surface area (Å²) >= 11 is 0. The molecule has 1 unspecified atom stereocenters. The molecule has 17 heavy (non-hydrogen) atoms. The predicted octanol–water partition coefficient (Wildman–Crippen LogP) is 2.95. The number of nitrogens with zero attached hydrogens (tertiary/aromatic N) is 1. The van der Waals surface area contributed by atoms with Gasteiger partial charge in [-0.15, -0.1) is 0 Å². The zero-order valence-electron chi connectivity index (χ0n) is 11.0. The van der Waals surface area contributed by atoms with Crippen LogP contribution in [0.1, 0.15) is 31.7 Å². The molecule has 2 heteroatoms. The van der Waals surface area contributed by atoms with E-state index in [-0.39, 0.29) is 0 Å². The molecule has 1 aliphatic rings. The molecule has 2 nitrogen and oxygen atoms in total. The molecule has 94 valence electrons. The van der Waals surface area contributed by atoms with Crippen molar-refractivity contribution >= 4 is 5.69 Å². The topological polar surface area (TPSA) is 29.3 Å². The average Bonchev–Trinajstić information content (AvgIpc) is 3.13. The van der Waals surface area contributed by atoms with E-state index < -0.39 is 0 Å². The van der Waals surface area contributed by atoms with Crippen molar-refractivity contribution < 1.29 is 0 Å². The van der Waals surface area contributed by atoms with Gasteiger partial charge in [0, 0.05) is 24.8 Å². The van der Waals surface area contributed by atoms with Gasteiger partial charge in [0.15, 0.2) is 0 Å².